The van der Waals surface area contributed by atoms with Crippen molar-refractivity contribution in [3.63, 3.8) is 0 Å². The van der Waals surface area contributed by atoms with Crippen molar-refractivity contribution in [3.8, 4) is 0 Å². The summed E-state index contributed by atoms with van der Waals surface area (Å²) in [4.78, 5) is 22.1. The van der Waals surface area contributed by atoms with Crippen molar-refractivity contribution in [2.75, 3.05) is 0 Å². The zero-order valence-corrected chi connectivity index (χ0v) is 11.7. The summed E-state index contributed by atoms with van der Waals surface area (Å²) in [6.45, 7) is 7.00. The summed E-state index contributed by atoms with van der Waals surface area (Å²) in [5.41, 5.74) is -0.758. The summed E-state index contributed by atoms with van der Waals surface area (Å²) < 4.78 is 0. The lowest BCUT2D eigenvalue weighted by Gasteiger charge is -2.43. The first kappa shape index (κ1) is 15.4. The van der Waals surface area contributed by atoms with Gasteiger partial charge >= 0.3 is 5.97 Å². The lowest BCUT2D eigenvalue weighted by Crippen LogP contribution is -2.48. The quantitative estimate of drug-likeness (QED) is 0.605. The molecule has 0 aliphatic heterocycles. The topological polar surface area (TPSA) is 74.6 Å². The average molecular weight is 264 g/mol. The third-order valence-corrected chi connectivity index (χ3v) is 3.57. The fraction of sp³-hybridized carbons (Fsp3) is 0.467. The van der Waals surface area contributed by atoms with Gasteiger partial charge in [0.25, 0.3) is 0 Å². The molecule has 0 aromatic carbocycles. The van der Waals surface area contributed by atoms with Gasteiger partial charge in [0.2, 0.25) is 0 Å². The van der Waals surface area contributed by atoms with Crippen LogP contribution in [0.25, 0.3) is 0 Å². The van der Waals surface area contributed by atoms with Gasteiger partial charge < -0.3 is 10.2 Å². The molecule has 0 saturated carbocycles. The van der Waals surface area contributed by atoms with E-state index in [-0.39, 0.29) is 12.2 Å². The van der Waals surface area contributed by atoms with Crippen LogP contribution in [0.5, 0.6) is 0 Å². The first-order valence-electron chi connectivity index (χ1n) is 6.13. The molecule has 0 radical (unpaired) electrons. The van der Waals surface area contributed by atoms with Crippen LogP contribution >= 0.6 is 0 Å². The molecule has 0 spiro atoms. The predicted octanol–water partition coefficient (Wildman–Crippen LogP) is 2.25. The highest BCUT2D eigenvalue weighted by Crippen LogP contribution is 2.44. The largest absolute Gasteiger partial charge is 0.478 e. The standard InChI is InChI=1S/C15H20O4/c1-10(7-13(17)18)5-6-15(19)11(2)8-12(16)9-14(15,3)4/h5-8,19H,9H2,1-4H3,(H,17,18)/t15-/m0/s1. The number of ketones is 1. The smallest absolute Gasteiger partial charge is 0.328 e. The molecule has 0 bridgehead atoms. The minimum Gasteiger partial charge on any atom is -0.478 e. The highest BCUT2D eigenvalue weighted by molar-refractivity contribution is 5.92. The Bertz CT molecular complexity index is 494. The third-order valence-electron chi connectivity index (χ3n) is 3.57. The second-order valence-corrected chi connectivity index (χ2v) is 5.68. The number of allylic oxidation sites excluding steroid dienone is 3. The van der Waals surface area contributed by atoms with E-state index >= 15 is 0 Å². The Hall–Kier alpha value is -1.68. The minimum absolute atomic E-state index is 0.00150. The first-order valence-corrected chi connectivity index (χ1v) is 6.13. The molecular formula is C15H20O4. The van der Waals surface area contributed by atoms with Crippen molar-refractivity contribution in [1.82, 2.24) is 0 Å². The number of rotatable bonds is 3. The zero-order chi connectivity index (χ0) is 14.8. The minimum atomic E-state index is -1.24. The Morgan fingerprint density at radius 3 is 2.47 bits per heavy atom. The van der Waals surface area contributed by atoms with Gasteiger partial charge in [-0.3, -0.25) is 4.79 Å². The number of carboxylic acid groups (broad SMARTS) is 1. The van der Waals surface area contributed by atoms with Gasteiger partial charge in [0.15, 0.2) is 5.78 Å². The van der Waals surface area contributed by atoms with Crippen LogP contribution in [0, 0.1) is 5.41 Å². The molecule has 4 nitrogen and oxygen atoms in total. The van der Waals surface area contributed by atoms with Gasteiger partial charge in [-0.1, -0.05) is 19.9 Å². The molecule has 1 rings (SSSR count). The fourth-order valence-corrected chi connectivity index (χ4v) is 2.36. The molecule has 19 heavy (non-hydrogen) atoms. The number of carboxylic acids is 1. The molecule has 0 unspecified atom stereocenters. The second-order valence-electron chi connectivity index (χ2n) is 5.68. The van der Waals surface area contributed by atoms with Crippen molar-refractivity contribution < 1.29 is 19.8 Å². The van der Waals surface area contributed by atoms with E-state index < -0.39 is 17.0 Å². The van der Waals surface area contributed by atoms with Crippen LogP contribution in [0.1, 0.15) is 34.1 Å². The van der Waals surface area contributed by atoms with Crippen LogP contribution in [0.4, 0.5) is 0 Å². The maximum Gasteiger partial charge on any atom is 0.328 e. The monoisotopic (exact) mass is 264 g/mol. The number of hydrogen-bond acceptors (Lipinski definition) is 3. The molecule has 0 fully saturated rings. The Morgan fingerprint density at radius 1 is 1.42 bits per heavy atom. The summed E-state index contributed by atoms with van der Waals surface area (Å²) >= 11 is 0. The average Bonchev–Trinajstić information content (AvgIpc) is 2.21. The first-order chi connectivity index (χ1) is 8.58. The molecule has 1 aliphatic carbocycles. The molecule has 0 amide bonds. The zero-order valence-electron chi connectivity index (χ0n) is 11.7. The number of aliphatic hydroxyl groups is 1. The molecule has 1 atom stereocenters. The summed E-state index contributed by atoms with van der Waals surface area (Å²) in [6.07, 6.45) is 5.92. The summed E-state index contributed by atoms with van der Waals surface area (Å²) in [6, 6.07) is 0. The van der Waals surface area contributed by atoms with Crippen LogP contribution in [-0.4, -0.2) is 27.6 Å². The molecule has 2 N–H and O–H groups in total. The highest BCUT2D eigenvalue weighted by Gasteiger charge is 2.46. The van der Waals surface area contributed by atoms with Crippen LogP contribution in [0.3, 0.4) is 0 Å². The maximum absolute atomic E-state index is 11.6. The lowest BCUT2D eigenvalue weighted by molar-refractivity contribution is -0.131. The molecular weight excluding hydrogens is 244 g/mol. The molecule has 0 heterocycles. The number of aliphatic carboxylic acids is 1. The molecule has 0 aromatic rings. The fourth-order valence-electron chi connectivity index (χ4n) is 2.36. The SMILES string of the molecule is CC(C=C[C@]1(O)C(C)=CC(=O)CC1(C)C)=CC(=O)O. The summed E-state index contributed by atoms with van der Waals surface area (Å²) in [5, 5.41) is 19.4. The summed E-state index contributed by atoms with van der Waals surface area (Å²) in [5.74, 6) is -1.03. The van der Waals surface area contributed by atoms with Gasteiger partial charge in [-0.25, -0.2) is 4.79 Å². The number of carbonyl (C=O) groups is 2. The molecule has 1 aliphatic rings. The van der Waals surface area contributed by atoms with E-state index in [4.69, 9.17) is 5.11 Å². The lowest BCUT2D eigenvalue weighted by atomic mass is 9.64. The van der Waals surface area contributed by atoms with Gasteiger partial charge in [0.1, 0.15) is 5.60 Å². The molecule has 0 aromatic heterocycles. The predicted molar refractivity (Wildman–Crippen MR) is 72.6 cm³/mol. The number of hydrogen-bond donors (Lipinski definition) is 2. The van der Waals surface area contributed by atoms with E-state index in [0.29, 0.717) is 11.1 Å². The van der Waals surface area contributed by atoms with E-state index in [0.717, 1.165) is 6.08 Å². The van der Waals surface area contributed by atoms with Gasteiger partial charge in [-0.05, 0) is 37.1 Å². The van der Waals surface area contributed by atoms with Crippen molar-refractivity contribution in [3.05, 3.63) is 35.5 Å². The van der Waals surface area contributed by atoms with E-state index in [9.17, 15) is 14.7 Å². The van der Waals surface area contributed by atoms with Crippen molar-refractivity contribution in [2.45, 2.75) is 39.7 Å². The molecule has 4 heteroatoms. The Kier molecular flexibility index (Phi) is 4.15. The van der Waals surface area contributed by atoms with E-state index in [1.54, 1.807) is 26.0 Å². The van der Waals surface area contributed by atoms with Gasteiger partial charge in [-0.2, -0.15) is 0 Å². The van der Waals surface area contributed by atoms with E-state index in [2.05, 4.69) is 0 Å². The highest BCUT2D eigenvalue weighted by atomic mass is 16.4. The van der Waals surface area contributed by atoms with Crippen LogP contribution in [-0.2, 0) is 9.59 Å². The van der Waals surface area contributed by atoms with Gasteiger partial charge in [0.05, 0.1) is 0 Å². The van der Waals surface area contributed by atoms with Crippen molar-refractivity contribution >= 4 is 11.8 Å². The Labute approximate surface area is 113 Å². The summed E-state index contributed by atoms with van der Waals surface area (Å²) in [7, 11) is 0. The second kappa shape index (κ2) is 5.13. The maximum atomic E-state index is 11.6. The normalized spacial score (nSPS) is 27.5. The van der Waals surface area contributed by atoms with Crippen LogP contribution in [0.15, 0.2) is 35.5 Å². The van der Waals surface area contributed by atoms with Crippen molar-refractivity contribution in [1.29, 1.82) is 0 Å². The van der Waals surface area contributed by atoms with E-state index in [1.165, 1.54) is 6.08 Å². The van der Waals surface area contributed by atoms with Gasteiger partial charge in [0, 0.05) is 17.9 Å². The van der Waals surface area contributed by atoms with Crippen LogP contribution < -0.4 is 0 Å². The third kappa shape index (κ3) is 3.20. The van der Waals surface area contributed by atoms with E-state index in [1.807, 2.05) is 13.8 Å². The Morgan fingerprint density at radius 2 is 2.00 bits per heavy atom. The number of carbonyl (C=O) groups excluding carboxylic acids is 1. The molecule has 0 saturated heterocycles. The Balaban J connectivity index is 3.15. The molecule has 104 valence electrons. The van der Waals surface area contributed by atoms with Gasteiger partial charge in [-0.15, -0.1) is 0 Å². The van der Waals surface area contributed by atoms with Crippen LogP contribution in [0.2, 0.25) is 0 Å². The van der Waals surface area contributed by atoms with Crippen molar-refractivity contribution in [2.24, 2.45) is 5.41 Å².